The van der Waals surface area contributed by atoms with Gasteiger partial charge in [-0.15, -0.1) is 0 Å². The molecule has 4 amide bonds. The van der Waals surface area contributed by atoms with Crippen molar-refractivity contribution in [2.75, 3.05) is 41.5 Å². The summed E-state index contributed by atoms with van der Waals surface area (Å²) in [4.78, 5) is 62.4. The van der Waals surface area contributed by atoms with Gasteiger partial charge in [-0.2, -0.15) is 5.01 Å². The van der Waals surface area contributed by atoms with Crippen molar-refractivity contribution >= 4 is 40.7 Å². The lowest BCUT2D eigenvalue weighted by Crippen LogP contribution is -2.53. The minimum Gasteiger partial charge on any atom is -0.508 e. The Morgan fingerprint density at radius 1 is 0.755 bits per heavy atom. The van der Waals surface area contributed by atoms with Gasteiger partial charge in [0.15, 0.2) is 0 Å². The number of morpholine rings is 1. The molecule has 1 saturated carbocycles. The number of amides is 4. The maximum absolute atomic E-state index is 15.2. The highest BCUT2D eigenvalue weighted by Gasteiger charge is 2.70. The molecule has 2 N–H and O–H groups in total. The number of benzene rings is 4. The number of aromatic hydroxyl groups is 1. The molecule has 0 spiro atoms. The summed E-state index contributed by atoms with van der Waals surface area (Å²) in [7, 11) is 0. The van der Waals surface area contributed by atoms with Gasteiger partial charge in [0.25, 0.3) is 11.8 Å². The van der Waals surface area contributed by atoms with E-state index >= 15 is 4.79 Å². The number of imide groups is 2. The number of rotatable bonds is 6. The van der Waals surface area contributed by atoms with Gasteiger partial charge in [0, 0.05) is 30.3 Å². The zero-order chi connectivity index (χ0) is 36.4. The van der Waals surface area contributed by atoms with E-state index in [0.29, 0.717) is 42.1 Å². The lowest BCUT2D eigenvalue weighted by atomic mass is 9.49. The summed E-state index contributed by atoms with van der Waals surface area (Å²) in [5, 5.41) is 12.6. The lowest BCUT2D eigenvalue weighted by Gasteiger charge is -2.50. The largest absolute Gasteiger partial charge is 0.508 e. The highest BCUT2D eigenvalue weighted by molar-refractivity contribution is 6.22. The van der Waals surface area contributed by atoms with Crippen LogP contribution in [0.1, 0.15) is 35.4 Å². The van der Waals surface area contributed by atoms with Crippen molar-refractivity contribution in [2.24, 2.45) is 23.7 Å². The Hall–Kier alpha value is -5.74. The van der Waals surface area contributed by atoms with E-state index in [4.69, 9.17) is 4.74 Å². The number of anilines is 3. The molecule has 5 aliphatic rings. The third kappa shape index (κ3) is 5.03. The van der Waals surface area contributed by atoms with Gasteiger partial charge in [-0.05, 0) is 73.7 Å². The van der Waals surface area contributed by atoms with Crippen LogP contribution in [0.4, 0.5) is 17.1 Å². The molecule has 4 aromatic rings. The van der Waals surface area contributed by atoms with Gasteiger partial charge < -0.3 is 14.7 Å². The van der Waals surface area contributed by atoms with Crippen LogP contribution in [0.5, 0.6) is 5.75 Å². The smallest absolute Gasteiger partial charge is 0.260 e. The van der Waals surface area contributed by atoms with Gasteiger partial charge in [0.05, 0.1) is 47.8 Å². The van der Waals surface area contributed by atoms with Gasteiger partial charge in [-0.1, -0.05) is 77.9 Å². The van der Waals surface area contributed by atoms with Crippen LogP contribution in [-0.4, -0.2) is 60.0 Å². The fraction of sp³-hybridized carbons (Fsp3) is 0.302. The number of fused-ring (bicyclic) bond motifs is 4. The quantitative estimate of drug-likeness (QED) is 0.193. The third-order valence-corrected chi connectivity index (χ3v) is 12.1. The standard InChI is InChI=1S/C43H40N4O6/c1-26-11-13-28(14-12-26)44-47-40(50)35-25-34-31(38(32-9-5-6-10-36(32)48)43(35,42(47)52)27-7-3-2-4-8-27)19-20-33-37(34)41(51)46(39(33)49)30-17-15-29(16-18-30)45-21-23-53-24-22-45/h2-19,33-35,37-38,44,48H,20-25H2,1H3. The molecule has 6 atom stereocenters. The predicted octanol–water partition coefficient (Wildman–Crippen LogP) is 5.73. The summed E-state index contributed by atoms with van der Waals surface area (Å²) in [6, 6.07) is 31.3. The van der Waals surface area contributed by atoms with E-state index in [9.17, 15) is 19.5 Å². The van der Waals surface area contributed by atoms with E-state index in [2.05, 4.69) is 10.3 Å². The first kappa shape index (κ1) is 33.1. The van der Waals surface area contributed by atoms with E-state index in [1.165, 1.54) is 4.90 Å². The summed E-state index contributed by atoms with van der Waals surface area (Å²) < 4.78 is 5.50. The number of hydrogen-bond donors (Lipinski definition) is 2. The van der Waals surface area contributed by atoms with Crippen LogP contribution >= 0.6 is 0 Å². The van der Waals surface area contributed by atoms with Crippen LogP contribution in [0, 0.1) is 30.6 Å². The molecule has 268 valence electrons. The summed E-state index contributed by atoms with van der Waals surface area (Å²) >= 11 is 0. The number of phenols is 1. The molecule has 0 aromatic heterocycles. The predicted molar refractivity (Wildman–Crippen MR) is 199 cm³/mol. The van der Waals surface area contributed by atoms with Gasteiger partial charge in [0.1, 0.15) is 5.75 Å². The molecular weight excluding hydrogens is 668 g/mol. The normalized spacial score (nSPS) is 28.1. The van der Waals surface area contributed by atoms with Crippen molar-refractivity contribution in [1.82, 2.24) is 5.01 Å². The number of ether oxygens (including phenoxy) is 1. The van der Waals surface area contributed by atoms with Crippen molar-refractivity contribution < 1.29 is 29.0 Å². The second kappa shape index (κ2) is 12.7. The molecule has 4 aromatic carbocycles. The number of hydrazine groups is 1. The van der Waals surface area contributed by atoms with Crippen molar-refractivity contribution in [3.05, 3.63) is 131 Å². The first-order chi connectivity index (χ1) is 25.8. The fourth-order valence-electron chi connectivity index (χ4n) is 9.71. The number of allylic oxidation sites excluding steroid dienone is 2. The monoisotopic (exact) mass is 708 g/mol. The van der Waals surface area contributed by atoms with Gasteiger partial charge >= 0.3 is 0 Å². The SMILES string of the molecule is Cc1ccc(NN2C(=O)C3CC4C(=CCC5C(=O)N(c6ccc(N7CCOCC7)cc6)C(=O)C54)C(c4ccccc4O)C3(c3ccccc3)C2=O)cc1. The minimum atomic E-state index is -1.44. The molecule has 10 nitrogen and oxygen atoms in total. The average Bonchev–Trinajstić information content (AvgIpc) is 3.57. The molecule has 53 heavy (non-hydrogen) atoms. The van der Waals surface area contributed by atoms with Crippen LogP contribution in [0.2, 0.25) is 0 Å². The van der Waals surface area contributed by atoms with Crippen LogP contribution in [0.25, 0.3) is 0 Å². The van der Waals surface area contributed by atoms with E-state index < -0.39 is 46.8 Å². The van der Waals surface area contributed by atoms with E-state index in [-0.39, 0.29) is 24.0 Å². The highest BCUT2D eigenvalue weighted by atomic mass is 16.5. The van der Waals surface area contributed by atoms with Crippen molar-refractivity contribution in [3.63, 3.8) is 0 Å². The maximum Gasteiger partial charge on any atom is 0.260 e. The molecule has 10 heteroatoms. The number of carbonyl (C=O) groups is 4. The lowest BCUT2D eigenvalue weighted by molar-refractivity contribution is -0.138. The van der Waals surface area contributed by atoms with Crippen LogP contribution in [0.3, 0.4) is 0 Å². The number of phenolic OH excluding ortho intramolecular Hbond substituents is 1. The zero-order valence-corrected chi connectivity index (χ0v) is 29.4. The minimum absolute atomic E-state index is 0.00349. The summed E-state index contributed by atoms with van der Waals surface area (Å²) in [6.07, 6.45) is 2.50. The Labute approximate surface area is 307 Å². The molecule has 3 saturated heterocycles. The van der Waals surface area contributed by atoms with Crippen LogP contribution < -0.4 is 15.2 Å². The second-order valence-electron chi connectivity index (χ2n) is 14.8. The highest BCUT2D eigenvalue weighted by Crippen LogP contribution is 2.65. The van der Waals surface area contributed by atoms with E-state index in [0.717, 1.165) is 34.9 Å². The van der Waals surface area contributed by atoms with Crippen LogP contribution in [0.15, 0.2) is 115 Å². The third-order valence-electron chi connectivity index (χ3n) is 12.1. The second-order valence-corrected chi connectivity index (χ2v) is 14.8. The Balaban J connectivity index is 1.15. The topological polar surface area (TPSA) is 119 Å². The van der Waals surface area contributed by atoms with Gasteiger partial charge in [0.2, 0.25) is 11.8 Å². The Kier molecular flexibility index (Phi) is 7.96. The Morgan fingerprint density at radius 3 is 2.15 bits per heavy atom. The zero-order valence-electron chi connectivity index (χ0n) is 29.4. The average molecular weight is 709 g/mol. The molecule has 2 aliphatic carbocycles. The van der Waals surface area contributed by atoms with E-state index in [1.54, 1.807) is 18.2 Å². The molecule has 3 aliphatic heterocycles. The number of carbonyl (C=O) groups excluding carboxylic acids is 4. The number of nitrogens with one attached hydrogen (secondary N) is 1. The number of hydrogen-bond acceptors (Lipinski definition) is 8. The molecule has 3 heterocycles. The Morgan fingerprint density at radius 2 is 1.43 bits per heavy atom. The number of nitrogens with zero attached hydrogens (tertiary/aromatic N) is 3. The molecule has 0 radical (unpaired) electrons. The van der Waals surface area contributed by atoms with E-state index in [1.807, 2.05) is 97.9 Å². The molecule has 9 rings (SSSR count). The molecule has 6 unspecified atom stereocenters. The number of para-hydroxylation sites is 1. The van der Waals surface area contributed by atoms with Crippen molar-refractivity contribution in [1.29, 1.82) is 0 Å². The molecular formula is C43H40N4O6. The summed E-state index contributed by atoms with van der Waals surface area (Å²) in [6.45, 7) is 4.79. The van der Waals surface area contributed by atoms with Crippen molar-refractivity contribution in [2.45, 2.75) is 31.1 Å². The van der Waals surface area contributed by atoms with Gasteiger partial charge in [-0.3, -0.25) is 29.5 Å². The Bertz CT molecular complexity index is 2150. The van der Waals surface area contributed by atoms with Crippen molar-refractivity contribution in [3.8, 4) is 5.75 Å². The first-order valence-electron chi connectivity index (χ1n) is 18.3. The van der Waals surface area contributed by atoms with Gasteiger partial charge in [-0.25, -0.2) is 0 Å². The first-order valence-corrected chi connectivity index (χ1v) is 18.3. The molecule has 4 fully saturated rings. The summed E-state index contributed by atoms with van der Waals surface area (Å²) in [5.74, 6) is -4.95. The maximum atomic E-state index is 15.2. The summed E-state index contributed by atoms with van der Waals surface area (Å²) in [5.41, 5.74) is 6.77. The fourth-order valence-corrected chi connectivity index (χ4v) is 9.71. The molecule has 0 bridgehead atoms. The number of aryl methyl sites for hydroxylation is 1. The van der Waals surface area contributed by atoms with Crippen LogP contribution in [-0.2, 0) is 29.3 Å².